The molecule has 0 atom stereocenters. The van der Waals surface area contributed by atoms with Crippen LogP contribution in [0.4, 0.5) is 0 Å². The van der Waals surface area contributed by atoms with E-state index in [4.69, 9.17) is 23.7 Å². The second-order valence-corrected chi connectivity index (χ2v) is 8.45. The van der Waals surface area contributed by atoms with Crippen LogP contribution in [-0.2, 0) is 33.2 Å². The van der Waals surface area contributed by atoms with E-state index in [1.54, 1.807) is 0 Å². The Balaban J connectivity index is 3.02. The Morgan fingerprint density at radius 1 is 0.485 bits per heavy atom. The van der Waals surface area contributed by atoms with Gasteiger partial charge in [-0.15, -0.1) is 0 Å². The molecule has 0 saturated carbocycles. The molecule has 7 nitrogen and oxygen atoms in total. The maximum Gasteiger partial charge on any atom is 0.305 e. The number of thiol groups is 1. The zero-order valence-electron chi connectivity index (χ0n) is 21.1. The van der Waals surface area contributed by atoms with Crippen LogP contribution in [0.2, 0.25) is 0 Å². The second-order valence-electron chi connectivity index (χ2n) is 8.00. The number of carbonyl (C=O) groups is 1. The lowest BCUT2D eigenvalue weighted by molar-refractivity contribution is -0.141. The fourth-order valence-electron chi connectivity index (χ4n) is 2.88. The van der Waals surface area contributed by atoms with Gasteiger partial charge in [-0.2, -0.15) is 12.6 Å². The maximum absolute atomic E-state index is 10.9. The van der Waals surface area contributed by atoms with Crippen LogP contribution in [0.3, 0.4) is 0 Å². The minimum atomic E-state index is -0.179. The van der Waals surface area contributed by atoms with Gasteiger partial charge in [0.25, 0.3) is 0 Å². The lowest BCUT2D eigenvalue weighted by atomic mass is 10.3. The molecule has 0 aliphatic rings. The lowest BCUT2D eigenvalue weighted by Gasteiger charge is -2.07. The molecule has 0 aromatic heterocycles. The SMILES string of the molecule is COC(=O)CCCOCCCCOCCCCOCCCCOCCCCOCCCCS. The van der Waals surface area contributed by atoms with Crippen molar-refractivity contribution in [2.75, 3.05) is 78.9 Å². The monoisotopic (exact) mass is 494 g/mol. The molecule has 0 rings (SSSR count). The first-order valence-electron chi connectivity index (χ1n) is 12.9. The number of carbonyl (C=O) groups excluding carboxylic acids is 1. The minimum absolute atomic E-state index is 0.179. The Morgan fingerprint density at radius 3 is 1.03 bits per heavy atom. The lowest BCUT2D eigenvalue weighted by Crippen LogP contribution is -2.05. The van der Waals surface area contributed by atoms with Gasteiger partial charge in [-0.05, 0) is 76.4 Å². The molecule has 0 fully saturated rings. The molecular weight excluding hydrogens is 444 g/mol. The summed E-state index contributed by atoms with van der Waals surface area (Å²) in [5.41, 5.74) is 0. The van der Waals surface area contributed by atoms with Gasteiger partial charge in [0.1, 0.15) is 0 Å². The predicted octanol–water partition coefficient (Wildman–Crippen LogP) is 4.85. The van der Waals surface area contributed by atoms with Crippen LogP contribution in [0, 0.1) is 0 Å². The van der Waals surface area contributed by atoms with Crippen molar-refractivity contribution in [1.82, 2.24) is 0 Å². The largest absolute Gasteiger partial charge is 0.469 e. The third kappa shape index (κ3) is 29.6. The van der Waals surface area contributed by atoms with Crippen LogP contribution in [0.1, 0.15) is 77.0 Å². The normalized spacial score (nSPS) is 11.2. The highest BCUT2D eigenvalue weighted by Crippen LogP contribution is 2.00. The summed E-state index contributed by atoms with van der Waals surface area (Å²) in [4.78, 5) is 10.9. The fraction of sp³-hybridized carbons (Fsp3) is 0.960. The summed E-state index contributed by atoms with van der Waals surface area (Å²) in [6.45, 7) is 7.84. The minimum Gasteiger partial charge on any atom is -0.469 e. The van der Waals surface area contributed by atoms with E-state index < -0.39 is 0 Å². The molecule has 0 aliphatic carbocycles. The molecule has 0 spiro atoms. The average molecular weight is 495 g/mol. The molecular formula is C25H50O7S. The summed E-state index contributed by atoms with van der Waals surface area (Å²) in [6, 6.07) is 0. The standard InChI is InChI=1S/C25H50O7S/c1-27-25(26)13-12-23-32-21-9-8-19-30-17-5-4-15-28-14-2-3-16-29-18-6-7-20-31-22-10-11-24-33/h33H,2-24H2,1H3. The van der Waals surface area contributed by atoms with Gasteiger partial charge in [-0.25, -0.2) is 0 Å². The number of esters is 1. The van der Waals surface area contributed by atoms with Gasteiger partial charge in [0.15, 0.2) is 0 Å². The number of rotatable bonds is 28. The highest BCUT2D eigenvalue weighted by molar-refractivity contribution is 7.80. The van der Waals surface area contributed by atoms with Gasteiger partial charge in [-0.3, -0.25) is 4.79 Å². The molecule has 0 aromatic rings. The smallest absolute Gasteiger partial charge is 0.305 e. The maximum atomic E-state index is 10.9. The van der Waals surface area contributed by atoms with E-state index in [2.05, 4.69) is 17.4 Å². The summed E-state index contributed by atoms with van der Waals surface area (Å²) in [5.74, 6) is 0.764. The molecule has 8 heteroatoms. The summed E-state index contributed by atoms with van der Waals surface area (Å²) in [7, 11) is 1.41. The van der Waals surface area contributed by atoms with E-state index in [-0.39, 0.29) is 5.97 Å². The summed E-state index contributed by atoms with van der Waals surface area (Å²) in [5, 5.41) is 0. The van der Waals surface area contributed by atoms with Crippen LogP contribution in [0.5, 0.6) is 0 Å². The molecule has 0 amide bonds. The van der Waals surface area contributed by atoms with E-state index in [0.717, 1.165) is 129 Å². The Morgan fingerprint density at radius 2 is 0.758 bits per heavy atom. The topological polar surface area (TPSA) is 72.5 Å². The van der Waals surface area contributed by atoms with Crippen LogP contribution >= 0.6 is 12.6 Å². The molecule has 0 radical (unpaired) electrons. The molecule has 0 aromatic carbocycles. The Kier molecular flexibility index (Phi) is 29.3. The van der Waals surface area contributed by atoms with Crippen molar-refractivity contribution in [3.63, 3.8) is 0 Å². The fourth-order valence-corrected chi connectivity index (χ4v) is 3.10. The van der Waals surface area contributed by atoms with E-state index in [1.807, 2.05) is 0 Å². The van der Waals surface area contributed by atoms with E-state index in [9.17, 15) is 4.79 Å². The zero-order valence-corrected chi connectivity index (χ0v) is 22.0. The van der Waals surface area contributed by atoms with Gasteiger partial charge in [0, 0.05) is 72.5 Å². The van der Waals surface area contributed by atoms with Crippen LogP contribution in [-0.4, -0.2) is 84.9 Å². The molecule has 0 bridgehead atoms. The molecule has 198 valence electrons. The summed E-state index contributed by atoms with van der Waals surface area (Å²) < 4.78 is 32.6. The van der Waals surface area contributed by atoms with E-state index in [1.165, 1.54) is 7.11 Å². The first kappa shape index (κ1) is 32.6. The Bertz CT molecular complexity index is 386. The van der Waals surface area contributed by atoms with Gasteiger partial charge >= 0.3 is 5.97 Å². The van der Waals surface area contributed by atoms with Gasteiger partial charge in [0.05, 0.1) is 7.11 Å². The first-order valence-corrected chi connectivity index (χ1v) is 13.5. The molecule has 0 heterocycles. The van der Waals surface area contributed by atoms with Crippen molar-refractivity contribution < 1.29 is 33.2 Å². The van der Waals surface area contributed by atoms with Crippen molar-refractivity contribution in [1.29, 1.82) is 0 Å². The van der Waals surface area contributed by atoms with Crippen LogP contribution in [0.25, 0.3) is 0 Å². The highest BCUT2D eigenvalue weighted by atomic mass is 32.1. The molecule has 0 unspecified atom stereocenters. The highest BCUT2D eigenvalue weighted by Gasteiger charge is 1.99. The Labute approximate surface area is 207 Å². The second kappa shape index (κ2) is 29.7. The van der Waals surface area contributed by atoms with Crippen molar-refractivity contribution in [3.8, 4) is 0 Å². The molecule has 0 aliphatic heterocycles. The zero-order chi connectivity index (χ0) is 24.1. The summed E-state index contributed by atoms with van der Waals surface area (Å²) >= 11 is 4.19. The van der Waals surface area contributed by atoms with Crippen molar-refractivity contribution >= 4 is 18.6 Å². The Hall–Kier alpha value is -0.380. The van der Waals surface area contributed by atoms with Gasteiger partial charge in [-0.1, -0.05) is 0 Å². The van der Waals surface area contributed by atoms with Crippen molar-refractivity contribution in [2.24, 2.45) is 0 Å². The van der Waals surface area contributed by atoms with Gasteiger partial charge < -0.3 is 28.4 Å². The molecule has 0 N–H and O–H groups in total. The molecule has 33 heavy (non-hydrogen) atoms. The van der Waals surface area contributed by atoms with Crippen molar-refractivity contribution in [2.45, 2.75) is 77.0 Å². The number of unbranched alkanes of at least 4 members (excludes halogenated alkanes) is 5. The first-order chi connectivity index (χ1) is 16.3. The van der Waals surface area contributed by atoms with Crippen LogP contribution in [0.15, 0.2) is 0 Å². The van der Waals surface area contributed by atoms with Crippen LogP contribution < -0.4 is 0 Å². The molecule has 0 saturated heterocycles. The summed E-state index contributed by atoms with van der Waals surface area (Å²) in [6.07, 6.45) is 11.7. The number of ether oxygens (including phenoxy) is 6. The third-order valence-electron chi connectivity index (χ3n) is 4.90. The average Bonchev–Trinajstić information content (AvgIpc) is 2.83. The number of hydrogen-bond donors (Lipinski definition) is 1. The number of methoxy groups -OCH3 is 1. The van der Waals surface area contributed by atoms with Gasteiger partial charge in [0.2, 0.25) is 0 Å². The third-order valence-corrected chi connectivity index (χ3v) is 5.22. The van der Waals surface area contributed by atoms with E-state index >= 15 is 0 Å². The van der Waals surface area contributed by atoms with Crippen molar-refractivity contribution in [3.05, 3.63) is 0 Å². The predicted molar refractivity (Wildman–Crippen MR) is 135 cm³/mol. The number of hydrogen-bond acceptors (Lipinski definition) is 8. The van der Waals surface area contributed by atoms with E-state index in [0.29, 0.717) is 19.4 Å². The quantitative estimate of drug-likeness (QED) is 0.0946.